The summed E-state index contributed by atoms with van der Waals surface area (Å²) in [5, 5.41) is 4.15. The highest BCUT2D eigenvalue weighted by Crippen LogP contribution is 2.26. The Kier molecular flexibility index (Phi) is 4.05. The van der Waals surface area contributed by atoms with Crippen LogP contribution in [0.4, 0.5) is 5.82 Å². The molecule has 4 nitrogen and oxygen atoms in total. The van der Waals surface area contributed by atoms with Gasteiger partial charge in [0.05, 0.1) is 5.02 Å². The number of hydrogen-bond donors (Lipinski definition) is 1. The van der Waals surface area contributed by atoms with E-state index < -0.39 is 10.8 Å². The minimum atomic E-state index is -0.670. The van der Waals surface area contributed by atoms with Crippen LogP contribution in [0.15, 0.2) is 12.3 Å². The fourth-order valence-corrected chi connectivity index (χ4v) is 3.56. The molecule has 1 aromatic heterocycles. The molecular formula is C13H18ClN3OS. The van der Waals surface area contributed by atoms with E-state index in [1.165, 1.54) is 12.8 Å². The average Bonchev–Trinajstić information content (AvgIpc) is 3.22. The highest BCUT2D eigenvalue weighted by molar-refractivity contribution is 7.85. The van der Waals surface area contributed by atoms with Crippen molar-refractivity contribution in [3.8, 4) is 0 Å². The normalized spacial score (nSPS) is 20.8. The van der Waals surface area contributed by atoms with Crippen LogP contribution in [0.25, 0.3) is 0 Å². The van der Waals surface area contributed by atoms with E-state index in [-0.39, 0.29) is 0 Å². The summed E-state index contributed by atoms with van der Waals surface area (Å²) in [6, 6.07) is 2.68. The van der Waals surface area contributed by atoms with Gasteiger partial charge in [0.15, 0.2) is 0 Å². The summed E-state index contributed by atoms with van der Waals surface area (Å²) in [6.45, 7) is 2.39. The Labute approximate surface area is 121 Å². The molecule has 1 aliphatic heterocycles. The summed E-state index contributed by atoms with van der Waals surface area (Å²) in [5.74, 6) is 2.25. The lowest BCUT2D eigenvalue weighted by molar-refractivity contribution is 0.672. The van der Waals surface area contributed by atoms with Gasteiger partial charge in [-0.1, -0.05) is 11.6 Å². The maximum absolute atomic E-state index is 11.4. The van der Waals surface area contributed by atoms with Gasteiger partial charge in [-0.25, -0.2) is 4.98 Å². The van der Waals surface area contributed by atoms with Gasteiger partial charge in [-0.15, -0.1) is 0 Å². The van der Waals surface area contributed by atoms with E-state index in [4.69, 9.17) is 11.6 Å². The van der Waals surface area contributed by atoms with Crippen molar-refractivity contribution < 1.29 is 4.21 Å². The van der Waals surface area contributed by atoms with Crippen molar-refractivity contribution in [1.29, 1.82) is 0 Å². The molecule has 6 heteroatoms. The van der Waals surface area contributed by atoms with Crippen molar-refractivity contribution in [3.63, 3.8) is 0 Å². The van der Waals surface area contributed by atoms with Crippen molar-refractivity contribution in [2.24, 2.45) is 0 Å². The van der Waals surface area contributed by atoms with E-state index in [0.717, 1.165) is 31.0 Å². The van der Waals surface area contributed by atoms with Crippen LogP contribution in [0.5, 0.6) is 0 Å². The molecule has 1 saturated heterocycles. The maximum atomic E-state index is 11.4. The Morgan fingerprint density at radius 1 is 1.42 bits per heavy atom. The summed E-state index contributed by atoms with van der Waals surface area (Å²) in [5.41, 5.74) is 1.13. The first-order chi connectivity index (χ1) is 9.22. The SMILES string of the molecule is O=S1CCN(c2ncc(CNC3CC3)cc2Cl)CC1. The van der Waals surface area contributed by atoms with Crippen LogP contribution in [0, 0.1) is 0 Å². The smallest absolute Gasteiger partial charge is 0.147 e. The van der Waals surface area contributed by atoms with Crippen LogP contribution in [-0.2, 0) is 17.3 Å². The van der Waals surface area contributed by atoms with Gasteiger partial charge in [-0.2, -0.15) is 0 Å². The number of hydrogen-bond acceptors (Lipinski definition) is 4. The number of anilines is 1. The molecule has 0 atom stereocenters. The number of nitrogens with zero attached hydrogens (tertiary/aromatic N) is 2. The fraction of sp³-hybridized carbons (Fsp3) is 0.615. The Bertz CT molecular complexity index is 483. The molecule has 1 saturated carbocycles. The monoisotopic (exact) mass is 299 g/mol. The maximum Gasteiger partial charge on any atom is 0.147 e. The van der Waals surface area contributed by atoms with Crippen molar-refractivity contribution in [2.75, 3.05) is 29.5 Å². The third-order valence-corrected chi connectivity index (χ3v) is 5.08. The van der Waals surface area contributed by atoms with E-state index in [9.17, 15) is 4.21 Å². The summed E-state index contributed by atoms with van der Waals surface area (Å²) in [4.78, 5) is 6.61. The van der Waals surface area contributed by atoms with Gasteiger partial charge in [0, 0.05) is 54.2 Å². The summed E-state index contributed by atoms with van der Waals surface area (Å²) < 4.78 is 11.4. The molecule has 0 amide bonds. The number of halogens is 1. The summed E-state index contributed by atoms with van der Waals surface area (Å²) in [6.07, 6.45) is 4.45. The molecule has 0 unspecified atom stereocenters. The van der Waals surface area contributed by atoms with Gasteiger partial charge < -0.3 is 10.2 Å². The lowest BCUT2D eigenvalue weighted by Crippen LogP contribution is -2.38. The molecule has 1 aliphatic carbocycles. The third kappa shape index (κ3) is 3.46. The van der Waals surface area contributed by atoms with E-state index in [1.807, 2.05) is 12.3 Å². The molecule has 2 aliphatic rings. The summed E-state index contributed by atoms with van der Waals surface area (Å²) >= 11 is 6.32. The van der Waals surface area contributed by atoms with E-state index >= 15 is 0 Å². The minimum absolute atomic E-state index is 0.670. The minimum Gasteiger partial charge on any atom is -0.354 e. The molecule has 1 N–H and O–H groups in total. The first kappa shape index (κ1) is 13.3. The van der Waals surface area contributed by atoms with Crippen LogP contribution >= 0.6 is 11.6 Å². The molecule has 3 rings (SSSR count). The Balaban J connectivity index is 1.66. The van der Waals surface area contributed by atoms with Gasteiger partial charge in [0.1, 0.15) is 5.82 Å². The highest BCUT2D eigenvalue weighted by atomic mass is 35.5. The van der Waals surface area contributed by atoms with Crippen LogP contribution in [0.1, 0.15) is 18.4 Å². The van der Waals surface area contributed by atoms with Crippen LogP contribution in [-0.4, -0.2) is 39.8 Å². The largest absolute Gasteiger partial charge is 0.354 e. The number of rotatable bonds is 4. The lowest BCUT2D eigenvalue weighted by Gasteiger charge is -2.28. The van der Waals surface area contributed by atoms with Gasteiger partial charge in [0.2, 0.25) is 0 Å². The molecule has 19 heavy (non-hydrogen) atoms. The van der Waals surface area contributed by atoms with E-state index in [2.05, 4.69) is 15.2 Å². The molecule has 1 aromatic rings. The predicted molar refractivity (Wildman–Crippen MR) is 79.2 cm³/mol. The van der Waals surface area contributed by atoms with Crippen molar-refractivity contribution >= 4 is 28.2 Å². The molecule has 2 heterocycles. The molecule has 0 radical (unpaired) electrons. The molecular weight excluding hydrogens is 282 g/mol. The van der Waals surface area contributed by atoms with Crippen LogP contribution in [0.2, 0.25) is 5.02 Å². The Hall–Kier alpha value is -0.650. The lowest BCUT2D eigenvalue weighted by atomic mass is 10.2. The van der Waals surface area contributed by atoms with Crippen LogP contribution < -0.4 is 10.2 Å². The zero-order valence-corrected chi connectivity index (χ0v) is 12.3. The average molecular weight is 300 g/mol. The topological polar surface area (TPSA) is 45.2 Å². The second kappa shape index (κ2) is 5.77. The van der Waals surface area contributed by atoms with E-state index in [0.29, 0.717) is 22.6 Å². The van der Waals surface area contributed by atoms with Gasteiger partial charge >= 0.3 is 0 Å². The second-order valence-corrected chi connectivity index (χ2v) is 7.24. The van der Waals surface area contributed by atoms with Gasteiger partial charge in [0.25, 0.3) is 0 Å². The molecule has 104 valence electrons. The zero-order chi connectivity index (χ0) is 13.2. The standard InChI is InChI=1S/C13H18ClN3OS/c14-12-7-10(8-15-11-1-2-11)9-16-13(12)17-3-5-19(18)6-4-17/h7,9,11,15H,1-6,8H2. The molecule has 0 spiro atoms. The number of pyridine rings is 1. The first-order valence-electron chi connectivity index (χ1n) is 6.70. The predicted octanol–water partition coefficient (Wildman–Crippen LogP) is 1.56. The first-order valence-corrected chi connectivity index (χ1v) is 8.57. The second-order valence-electron chi connectivity index (χ2n) is 5.14. The van der Waals surface area contributed by atoms with E-state index in [1.54, 1.807) is 0 Å². The van der Waals surface area contributed by atoms with Crippen molar-refractivity contribution in [1.82, 2.24) is 10.3 Å². The fourth-order valence-electron chi connectivity index (χ4n) is 2.20. The van der Waals surface area contributed by atoms with Crippen molar-refractivity contribution in [3.05, 3.63) is 22.8 Å². The molecule has 0 bridgehead atoms. The Morgan fingerprint density at radius 3 is 2.79 bits per heavy atom. The van der Waals surface area contributed by atoms with Crippen molar-refractivity contribution in [2.45, 2.75) is 25.4 Å². The summed E-state index contributed by atoms with van der Waals surface area (Å²) in [7, 11) is -0.670. The van der Waals surface area contributed by atoms with Gasteiger partial charge in [-0.05, 0) is 24.5 Å². The number of nitrogens with one attached hydrogen (secondary N) is 1. The van der Waals surface area contributed by atoms with Gasteiger partial charge in [-0.3, -0.25) is 4.21 Å². The van der Waals surface area contributed by atoms with Crippen LogP contribution in [0.3, 0.4) is 0 Å². The molecule has 0 aromatic carbocycles. The quantitative estimate of drug-likeness (QED) is 0.916. The third-order valence-electron chi connectivity index (χ3n) is 3.53. The molecule has 2 fully saturated rings. The highest BCUT2D eigenvalue weighted by Gasteiger charge is 2.21. The Morgan fingerprint density at radius 2 is 2.16 bits per heavy atom. The zero-order valence-electron chi connectivity index (χ0n) is 10.8. The number of aromatic nitrogens is 1.